The Balaban J connectivity index is 0.000000201. The Hall–Kier alpha value is -3.01. The fraction of sp³-hybridized carbons (Fsp3) is 0.0625. The maximum atomic E-state index is 13.9. The first kappa shape index (κ1) is 37.8. The molecule has 0 fully saturated rings. The third kappa shape index (κ3) is 10.0. The van der Waals surface area contributed by atoms with Crippen molar-refractivity contribution in [1.29, 1.82) is 0 Å². The quantitative estimate of drug-likeness (QED) is 0.0774. The van der Waals surface area contributed by atoms with Gasteiger partial charge in [0.25, 0.3) is 0 Å². The zero-order chi connectivity index (χ0) is 35.0. The first-order valence-corrected chi connectivity index (χ1v) is 17.0. The van der Waals surface area contributed by atoms with Crippen LogP contribution in [0.4, 0.5) is 8.78 Å². The van der Waals surface area contributed by atoms with E-state index in [1.165, 1.54) is 36.4 Å². The number of carbonyl (C=O) groups excluding carboxylic acids is 2. The minimum absolute atomic E-state index is 0.000282. The van der Waals surface area contributed by atoms with Gasteiger partial charge < -0.3 is 0 Å². The van der Waals surface area contributed by atoms with Gasteiger partial charge in [0.1, 0.15) is 16.5 Å². The number of aromatic nitrogens is 4. The summed E-state index contributed by atoms with van der Waals surface area (Å²) in [6.07, 6.45) is 3.34. The number of alkyl halides is 1. The van der Waals surface area contributed by atoms with Crippen molar-refractivity contribution in [3.63, 3.8) is 0 Å². The van der Waals surface area contributed by atoms with E-state index in [1.807, 2.05) is 6.07 Å². The summed E-state index contributed by atoms with van der Waals surface area (Å²) in [6.45, 7) is 0. The number of benzene rings is 2. The number of pyridine rings is 4. The van der Waals surface area contributed by atoms with Crippen LogP contribution in [0.5, 0.6) is 0 Å². The molecule has 0 bridgehead atoms. The molecule has 0 amide bonds. The predicted molar refractivity (Wildman–Crippen MR) is 198 cm³/mol. The summed E-state index contributed by atoms with van der Waals surface area (Å²) in [5, 5.41) is 0.624. The molecule has 0 aliphatic rings. The van der Waals surface area contributed by atoms with Gasteiger partial charge in [-0.1, -0.05) is 39.1 Å². The number of rotatable bonds is 6. The number of halogens is 7. The molecule has 2 aromatic carbocycles. The van der Waals surface area contributed by atoms with Crippen molar-refractivity contribution >= 4 is 125 Å². The Morgan fingerprint density at radius 3 is 1.85 bits per heavy atom. The average molecular weight is 896 g/mol. The molecule has 0 aliphatic carbocycles. The van der Waals surface area contributed by atoms with E-state index in [-0.39, 0.29) is 23.3 Å². The van der Waals surface area contributed by atoms with E-state index in [4.69, 9.17) is 23.2 Å². The number of thiol groups is 1. The van der Waals surface area contributed by atoms with Gasteiger partial charge in [0.2, 0.25) is 0 Å². The van der Waals surface area contributed by atoms with Crippen LogP contribution in [0, 0.1) is 11.6 Å². The normalized spacial score (nSPS) is 11.1. The first-order chi connectivity index (χ1) is 22.9. The van der Waals surface area contributed by atoms with Crippen molar-refractivity contribution in [2.75, 3.05) is 0 Å². The van der Waals surface area contributed by atoms with E-state index in [0.29, 0.717) is 38.0 Å². The Morgan fingerprint density at radius 1 is 0.771 bits per heavy atom. The van der Waals surface area contributed by atoms with Crippen molar-refractivity contribution in [1.82, 2.24) is 19.9 Å². The topological polar surface area (TPSA) is 98.1 Å². The number of ketones is 2. The van der Waals surface area contributed by atoms with Crippen LogP contribution in [0.3, 0.4) is 0 Å². The molecule has 7 nitrogen and oxygen atoms in total. The molecule has 16 heteroatoms. The van der Waals surface area contributed by atoms with Gasteiger partial charge >= 0.3 is 24.8 Å². The molecule has 0 spiro atoms. The Labute approximate surface area is 315 Å². The van der Waals surface area contributed by atoms with E-state index >= 15 is 0 Å². The van der Waals surface area contributed by atoms with E-state index < -0.39 is 22.2 Å². The molecule has 1 atom stereocenters. The zero-order valence-electron chi connectivity index (χ0n) is 24.1. The second-order valence-corrected chi connectivity index (χ2v) is 13.5. The first-order valence-electron chi connectivity index (χ1n) is 13.4. The molecule has 4 heterocycles. The molecule has 6 rings (SSSR count). The van der Waals surface area contributed by atoms with Crippen LogP contribution in [0.15, 0.2) is 98.4 Å². The van der Waals surface area contributed by atoms with E-state index in [2.05, 4.69) is 92.5 Å². The van der Waals surface area contributed by atoms with Crippen LogP contribution < -0.4 is 0 Å². The number of carbonyl (C=O) groups is 2. The summed E-state index contributed by atoms with van der Waals surface area (Å²) in [6, 6.07) is 18.4. The molecular formula is C32H18BBr3Cl2F2N5O2S. The summed E-state index contributed by atoms with van der Waals surface area (Å²) in [5.74, 6) is -2.01. The fourth-order valence-electron chi connectivity index (χ4n) is 4.19. The summed E-state index contributed by atoms with van der Waals surface area (Å²) in [5.41, 5.74) is 3.67. The van der Waals surface area contributed by atoms with Crippen molar-refractivity contribution < 1.29 is 18.4 Å². The molecule has 0 saturated heterocycles. The average Bonchev–Trinajstić information content (AvgIpc) is 3.06. The number of hydrogen-bond donors (Lipinski definition) is 1. The molecule has 1 unspecified atom stereocenters. The fourth-order valence-corrected chi connectivity index (χ4v) is 5.67. The van der Waals surface area contributed by atoms with E-state index in [9.17, 15) is 18.4 Å². The van der Waals surface area contributed by atoms with E-state index in [1.54, 1.807) is 42.7 Å². The van der Waals surface area contributed by atoms with Gasteiger partial charge in [-0.2, -0.15) is 0 Å². The van der Waals surface area contributed by atoms with Crippen molar-refractivity contribution in [3.05, 3.63) is 138 Å². The van der Waals surface area contributed by atoms with Gasteiger partial charge in [0.05, 0.1) is 45.3 Å². The molecule has 0 saturated carbocycles. The van der Waals surface area contributed by atoms with Gasteiger partial charge in [-0.05, 0) is 105 Å². The van der Waals surface area contributed by atoms with Crippen LogP contribution in [0.2, 0.25) is 10.0 Å². The van der Waals surface area contributed by atoms with Crippen molar-refractivity contribution in [2.24, 2.45) is 4.30 Å². The molecule has 4 aromatic heterocycles. The van der Waals surface area contributed by atoms with Gasteiger partial charge in [-0.15, -0.1) is 0 Å². The number of fused-ring (bicyclic) bond motifs is 2. The zero-order valence-corrected chi connectivity index (χ0v) is 31.3. The van der Waals surface area contributed by atoms with Gasteiger partial charge in [0, 0.05) is 37.1 Å². The van der Waals surface area contributed by atoms with Crippen LogP contribution >= 0.6 is 83.8 Å². The molecular weight excluding hydrogens is 878 g/mol. The number of nitrogens with zero attached hydrogens (tertiary/aromatic N) is 5. The van der Waals surface area contributed by atoms with Crippen LogP contribution in [-0.2, 0) is 6.42 Å². The molecule has 0 aliphatic heterocycles. The van der Waals surface area contributed by atoms with Crippen molar-refractivity contribution in [2.45, 2.75) is 11.2 Å². The summed E-state index contributed by atoms with van der Waals surface area (Å²) in [7, 11) is 4.34. The second-order valence-electron chi connectivity index (χ2n) is 9.61. The maximum absolute atomic E-state index is 13.9. The van der Waals surface area contributed by atoms with Gasteiger partial charge in [-0.3, -0.25) is 24.5 Å². The summed E-state index contributed by atoms with van der Waals surface area (Å²) >= 11 is 24.8. The third-order valence-corrected chi connectivity index (χ3v) is 8.56. The molecule has 241 valence electrons. The third-order valence-electron chi connectivity index (χ3n) is 6.34. The standard InChI is InChI=1S/C16H8Br2ClFN2O.C16H9BrClFN2O.BHNS/c17-8-5-14-12(21-7-8)3-4-13(22-14)15(18)16(23)10-6-9(19)1-2-11(10)20;17-9-5-15-14(20-8-9)4-2-11(21-15)7-16(22)12-6-10(18)1-3-13(12)19;1-2-3/h1-7,15H;1-6,8H,7H2;3H. The predicted octanol–water partition coefficient (Wildman–Crippen LogP) is 10.3. The Bertz CT molecular complexity index is 2170. The van der Waals surface area contributed by atoms with Crippen LogP contribution in [-0.4, -0.2) is 39.1 Å². The van der Waals surface area contributed by atoms with Crippen LogP contribution in [0.1, 0.15) is 36.9 Å². The van der Waals surface area contributed by atoms with Crippen LogP contribution in [0.25, 0.3) is 22.1 Å². The number of hydrogen-bond acceptors (Lipinski definition) is 8. The Morgan fingerprint density at radius 2 is 1.27 bits per heavy atom. The Kier molecular flexibility index (Phi) is 13.9. The summed E-state index contributed by atoms with van der Waals surface area (Å²) in [4.78, 5) is 41.2. The summed E-state index contributed by atoms with van der Waals surface area (Å²) < 4.78 is 31.9. The van der Waals surface area contributed by atoms with Gasteiger partial charge in [-0.25, -0.2) is 13.8 Å². The SMILES string of the molecule is O=C(Cc1ccc2ncc(Br)cc2n1)c1cc(Cl)ccc1F.O=C(c1cc(Cl)ccc1F)C(Br)c1ccc2ncc(Br)cc2n1.[B]=NS. The van der Waals surface area contributed by atoms with Gasteiger partial charge in [0.15, 0.2) is 11.6 Å². The van der Waals surface area contributed by atoms with E-state index in [0.717, 1.165) is 14.5 Å². The molecule has 6 aromatic rings. The van der Waals surface area contributed by atoms with Crippen molar-refractivity contribution in [3.8, 4) is 0 Å². The molecule has 48 heavy (non-hydrogen) atoms. The second kappa shape index (κ2) is 17.6. The molecule has 1 radical (unpaired) electrons. The minimum atomic E-state index is -0.779. The number of Topliss-reactive ketones (excluding diaryl/α,β-unsaturated/α-hetero) is 2. The monoisotopic (exact) mass is 892 g/mol. The molecule has 0 N–H and O–H groups in total.